The van der Waals surface area contributed by atoms with E-state index in [2.05, 4.69) is 23.8 Å². The van der Waals surface area contributed by atoms with Crippen LogP contribution in [0.15, 0.2) is 42.6 Å². The minimum absolute atomic E-state index is 0.0436. The van der Waals surface area contributed by atoms with E-state index in [4.69, 9.17) is 18.0 Å². The van der Waals surface area contributed by atoms with Crippen LogP contribution in [-0.4, -0.2) is 50.9 Å². The molecule has 11 heteroatoms. The number of hydrogen-bond acceptors (Lipinski definition) is 5. The van der Waals surface area contributed by atoms with Crippen molar-refractivity contribution >= 4 is 51.2 Å². The van der Waals surface area contributed by atoms with Crippen LogP contribution >= 0.6 is 12.2 Å². The summed E-state index contributed by atoms with van der Waals surface area (Å²) in [5.74, 6) is -0.367. The van der Waals surface area contributed by atoms with Gasteiger partial charge in [0.25, 0.3) is 5.91 Å². The summed E-state index contributed by atoms with van der Waals surface area (Å²) in [4.78, 5) is 19.2. The summed E-state index contributed by atoms with van der Waals surface area (Å²) in [5, 5.41) is 5.59. The molecule has 4 rings (SSSR count). The Labute approximate surface area is 232 Å². The fraction of sp³-hybridized carbons (Fsp3) is 0.464. The van der Waals surface area contributed by atoms with Gasteiger partial charge < -0.3 is 15.5 Å². The average molecular weight is 561 g/mol. The first-order valence-corrected chi connectivity index (χ1v) is 13.7. The second-order valence-corrected chi connectivity index (χ2v) is 10.4. The lowest BCUT2D eigenvalue weighted by molar-refractivity contribution is -0.137. The number of likely N-dealkylation sites (N-methyl/N-ethyl adjacent to an activating group) is 1. The van der Waals surface area contributed by atoms with Gasteiger partial charge in [0.1, 0.15) is 5.54 Å². The molecule has 1 amide bonds. The second kappa shape index (κ2) is 11.1. The van der Waals surface area contributed by atoms with Crippen LogP contribution in [0.3, 0.4) is 0 Å². The van der Waals surface area contributed by atoms with E-state index in [0.29, 0.717) is 12.1 Å². The highest BCUT2D eigenvalue weighted by molar-refractivity contribution is 7.81. The molecule has 1 fully saturated rings. The molecule has 0 bridgehead atoms. The predicted octanol–water partition coefficient (Wildman–Crippen LogP) is 6.07. The van der Waals surface area contributed by atoms with Crippen LogP contribution in [-0.2, 0) is 17.5 Å². The summed E-state index contributed by atoms with van der Waals surface area (Å²) in [6.07, 6.45) is -0.787. The van der Waals surface area contributed by atoms with Crippen LogP contribution in [0.25, 0.3) is 10.9 Å². The maximum atomic E-state index is 13.9. The number of alkyl halides is 3. The summed E-state index contributed by atoms with van der Waals surface area (Å²) in [7, 11) is 0. The summed E-state index contributed by atoms with van der Waals surface area (Å²) in [6, 6.07) is 9.26. The molecule has 0 saturated carbocycles. The molecule has 1 aliphatic rings. The van der Waals surface area contributed by atoms with E-state index >= 15 is 0 Å². The fourth-order valence-electron chi connectivity index (χ4n) is 5.19. The van der Waals surface area contributed by atoms with Gasteiger partial charge in [0.15, 0.2) is 5.11 Å². The molecule has 0 spiro atoms. The van der Waals surface area contributed by atoms with E-state index in [9.17, 15) is 18.0 Å². The molecular formula is C28H35F3N6OS. The van der Waals surface area contributed by atoms with Gasteiger partial charge in [-0.05, 0) is 75.1 Å². The lowest BCUT2D eigenvalue weighted by Gasteiger charge is -2.33. The molecule has 1 aromatic heterocycles. The van der Waals surface area contributed by atoms with Gasteiger partial charge in [-0.2, -0.15) is 18.3 Å². The van der Waals surface area contributed by atoms with Gasteiger partial charge in [0.05, 0.1) is 29.5 Å². The maximum Gasteiger partial charge on any atom is 0.418 e. The van der Waals surface area contributed by atoms with Crippen molar-refractivity contribution in [2.45, 2.75) is 65.2 Å². The van der Waals surface area contributed by atoms with E-state index in [1.807, 2.05) is 29.8 Å². The van der Waals surface area contributed by atoms with E-state index in [1.54, 1.807) is 18.0 Å². The van der Waals surface area contributed by atoms with Gasteiger partial charge in [-0.25, -0.2) is 0 Å². The van der Waals surface area contributed by atoms with E-state index < -0.39 is 23.0 Å². The molecule has 39 heavy (non-hydrogen) atoms. The number of nitrogens with two attached hydrogens (primary N) is 1. The predicted molar refractivity (Wildman–Crippen MR) is 154 cm³/mol. The van der Waals surface area contributed by atoms with Crippen molar-refractivity contribution in [1.29, 1.82) is 0 Å². The van der Waals surface area contributed by atoms with Crippen molar-refractivity contribution < 1.29 is 18.0 Å². The number of fused-ring (bicyclic) bond motifs is 1. The number of carbonyl (C=O) groups excluding carboxylic acids is 1. The number of thiocarbonyl (C=S) groups is 1. The third-order valence-electron chi connectivity index (χ3n) is 7.56. The first-order chi connectivity index (χ1) is 18.5. The summed E-state index contributed by atoms with van der Waals surface area (Å²) >= 11 is 5.79. The van der Waals surface area contributed by atoms with Crippen molar-refractivity contribution in [2.75, 3.05) is 35.2 Å². The number of carbonyl (C=O) groups is 1. The van der Waals surface area contributed by atoms with Gasteiger partial charge in [0, 0.05) is 23.3 Å². The van der Waals surface area contributed by atoms with Crippen LogP contribution < -0.4 is 15.5 Å². The summed E-state index contributed by atoms with van der Waals surface area (Å²) < 4.78 is 42.8. The van der Waals surface area contributed by atoms with Gasteiger partial charge >= 0.3 is 6.18 Å². The number of nitrogen functional groups attached to an aromatic ring is 1. The Kier molecular flexibility index (Phi) is 8.22. The zero-order valence-electron chi connectivity index (χ0n) is 22.8. The molecule has 2 heterocycles. The second-order valence-electron chi connectivity index (χ2n) is 10.0. The lowest BCUT2D eigenvalue weighted by Crippen LogP contribution is -2.47. The Balaban J connectivity index is 1.74. The van der Waals surface area contributed by atoms with Crippen molar-refractivity contribution in [3.8, 4) is 0 Å². The maximum absolute atomic E-state index is 13.9. The van der Waals surface area contributed by atoms with Crippen molar-refractivity contribution in [1.82, 2.24) is 14.7 Å². The van der Waals surface area contributed by atoms with Gasteiger partial charge in [-0.15, -0.1) is 0 Å². The number of aromatic nitrogens is 2. The van der Waals surface area contributed by atoms with E-state index in [1.165, 1.54) is 17.0 Å². The first-order valence-electron chi connectivity index (χ1n) is 13.3. The Bertz CT molecular complexity index is 1370. The monoisotopic (exact) mass is 560 g/mol. The average Bonchev–Trinajstić information content (AvgIpc) is 3.38. The SMILES string of the molecule is CCCCC1(C)C(=O)N(c2ccc(N)c(C(F)(F)F)c2)C(=S)N1c1ccc2c(cnn2CCN(CC)CC)c1. The van der Waals surface area contributed by atoms with Crippen molar-refractivity contribution in [3.05, 3.63) is 48.2 Å². The van der Waals surface area contributed by atoms with Crippen molar-refractivity contribution in [3.63, 3.8) is 0 Å². The van der Waals surface area contributed by atoms with Crippen LogP contribution in [0.5, 0.6) is 0 Å². The zero-order chi connectivity index (χ0) is 28.5. The molecule has 210 valence electrons. The number of benzene rings is 2. The minimum Gasteiger partial charge on any atom is -0.398 e. The molecular weight excluding hydrogens is 525 g/mol. The highest BCUT2D eigenvalue weighted by Crippen LogP contribution is 2.42. The number of hydrogen-bond donors (Lipinski definition) is 1. The number of rotatable bonds is 10. The molecule has 3 aromatic rings. The number of unbranched alkanes of at least 4 members (excludes halogenated alkanes) is 1. The molecule has 0 radical (unpaired) electrons. The van der Waals surface area contributed by atoms with Crippen LogP contribution in [0.4, 0.5) is 30.2 Å². The van der Waals surface area contributed by atoms with E-state index in [0.717, 1.165) is 56.0 Å². The van der Waals surface area contributed by atoms with Gasteiger partial charge in [0.2, 0.25) is 0 Å². The number of amides is 1. The van der Waals surface area contributed by atoms with Crippen LogP contribution in [0.1, 0.15) is 52.5 Å². The molecule has 0 aliphatic carbocycles. The smallest absolute Gasteiger partial charge is 0.398 e. The van der Waals surface area contributed by atoms with Crippen molar-refractivity contribution in [2.24, 2.45) is 0 Å². The third-order valence-corrected chi connectivity index (χ3v) is 7.93. The number of halogens is 3. The standard InChI is InChI=1S/C28H35F3N6OS/c1-5-8-13-27(4)25(38)36(20-9-11-23(32)22(17-20)28(29,30)31)26(39)37(27)21-10-12-24-19(16-21)18-33-35(24)15-14-34(6-2)7-3/h9-12,16-18H,5-8,13-15,32H2,1-4H3. The first kappa shape index (κ1) is 28.8. The van der Waals surface area contributed by atoms with Crippen LogP contribution in [0.2, 0.25) is 0 Å². The molecule has 1 unspecified atom stereocenters. The molecule has 1 saturated heterocycles. The number of nitrogens with zero attached hydrogens (tertiary/aromatic N) is 5. The normalized spacial score (nSPS) is 18.3. The lowest BCUT2D eigenvalue weighted by atomic mass is 9.92. The fourth-order valence-corrected chi connectivity index (χ4v) is 5.69. The van der Waals surface area contributed by atoms with Crippen LogP contribution in [0, 0.1) is 0 Å². The minimum atomic E-state index is -4.66. The molecule has 2 N–H and O–H groups in total. The largest absolute Gasteiger partial charge is 0.418 e. The Hall–Kier alpha value is -3.18. The van der Waals surface area contributed by atoms with Gasteiger partial charge in [-0.3, -0.25) is 14.4 Å². The molecule has 2 aromatic carbocycles. The molecule has 1 aliphatic heterocycles. The van der Waals surface area contributed by atoms with E-state index in [-0.39, 0.29) is 16.7 Å². The summed E-state index contributed by atoms with van der Waals surface area (Å²) in [6.45, 7) is 11.6. The summed E-state index contributed by atoms with van der Waals surface area (Å²) in [5.41, 5.74) is 4.84. The highest BCUT2D eigenvalue weighted by atomic mass is 32.1. The Morgan fingerprint density at radius 3 is 2.41 bits per heavy atom. The number of anilines is 3. The third kappa shape index (κ3) is 5.34. The van der Waals surface area contributed by atoms with Gasteiger partial charge in [-0.1, -0.05) is 33.6 Å². The molecule has 7 nitrogen and oxygen atoms in total. The highest BCUT2D eigenvalue weighted by Gasteiger charge is 2.53. The quantitative estimate of drug-likeness (QED) is 0.240. The zero-order valence-corrected chi connectivity index (χ0v) is 23.6. The topological polar surface area (TPSA) is 70.6 Å². The molecule has 1 atom stereocenters. The Morgan fingerprint density at radius 1 is 1.08 bits per heavy atom. The Morgan fingerprint density at radius 2 is 1.77 bits per heavy atom.